The van der Waals surface area contributed by atoms with E-state index in [0.29, 0.717) is 5.69 Å². The van der Waals surface area contributed by atoms with Gasteiger partial charge in [-0.1, -0.05) is 24.3 Å². The maximum Gasteiger partial charge on any atom is 0.282 e. The molecule has 7 heteroatoms. The third kappa shape index (κ3) is 3.87. The maximum atomic E-state index is 12.4. The van der Waals surface area contributed by atoms with Crippen LogP contribution in [0.25, 0.3) is 0 Å². The molecule has 0 atom stereocenters. The van der Waals surface area contributed by atoms with Gasteiger partial charge in [-0.05, 0) is 37.6 Å². The van der Waals surface area contributed by atoms with E-state index in [1.54, 1.807) is 18.2 Å². The second-order valence-corrected chi connectivity index (χ2v) is 6.38. The van der Waals surface area contributed by atoms with Crippen LogP contribution in [-0.4, -0.2) is 20.6 Å². The van der Waals surface area contributed by atoms with Crippen LogP contribution in [0.3, 0.4) is 0 Å². The van der Waals surface area contributed by atoms with Gasteiger partial charge in [0.05, 0.1) is 10.6 Å². The van der Waals surface area contributed by atoms with Crippen LogP contribution in [0.5, 0.6) is 0 Å². The van der Waals surface area contributed by atoms with Gasteiger partial charge in [-0.25, -0.2) is 0 Å². The Labute approximate surface area is 156 Å². The number of aryl methyl sites for hydroxylation is 2. The van der Waals surface area contributed by atoms with Gasteiger partial charge in [0, 0.05) is 36.5 Å². The highest BCUT2D eigenvalue weighted by molar-refractivity contribution is 6.07. The first-order chi connectivity index (χ1) is 12.9. The molecule has 0 saturated carbocycles. The van der Waals surface area contributed by atoms with Crippen molar-refractivity contribution in [3.63, 3.8) is 0 Å². The van der Waals surface area contributed by atoms with E-state index >= 15 is 0 Å². The van der Waals surface area contributed by atoms with Crippen LogP contribution in [0.1, 0.15) is 32.9 Å². The minimum absolute atomic E-state index is 0.0354. The van der Waals surface area contributed by atoms with E-state index in [1.807, 2.05) is 37.7 Å². The average molecular weight is 364 g/mol. The molecule has 0 radical (unpaired) electrons. The van der Waals surface area contributed by atoms with Gasteiger partial charge < -0.3 is 5.32 Å². The molecule has 7 nitrogen and oxygen atoms in total. The van der Waals surface area contributed by atoms with Crippen LogP contribution in [-0.2, 0) is 13.5 Å². The standard InChI is InChI=1S/C20H20N4O3/c1-13-18(14(2)23(3)22-13)12-15-8-10-16(11-9-15)21-20(25)17-6-4-5-7-19(17)24(26)27/h4-11H,12H2,1-3H3,(H,21,25). The number of carbonyl (C=O) groups is 1. The van der Waals surface area contributed by atoms with Crippen LogP contribution >= 0.6 is 0 Å². The molecule has 2 aromatic carbocycles. The number of para-hydroxylation sites is 1. The van der Waals surface area contributed by atoms with E-state index in [1.165, 1.54) is 23.8 Å². The summed E-state index contributed by atoms with van der Waals surface area (Å²) in [6.45, 7) is 4.03. The number of nitro groups is 1. The Bertz CT molecular complexity index is 1010. The smallest absolute Gasteiger partial charge is 0.282 e. The third-order valence-corrected chi connectivity index (χ3v) is 4.60. The highest BCUT2D eigenvalue weighted by atomic mass is 16.6. The van der Waals surface area contributed by atoms with Crippen molar-refractivity contribution in [2.45, 2.75) is 20.3 Å². The Morgan fingerprint density at radius 3 is 2.41 bits per heavy atom. The van der Waals surface area contributed by atoms with Crippen molar-refractivity contribution in [2.75, 3.05) is 5.32 Å². The second kappa shape index (κ2) is 7.41. The summed E-state index contributed by atoms with van der Waals surface area (Å²) in [4.78, 5) is 22.9. The quantitative estimate of drug-likeness (QED) is 0.551. The van der Waals surface area contributed by atoms with Crippen LogP contribution in [0.15, 0.2) is 48.5 Å². The summed E-state index contributed by atoms with van der Waals surface area (Å²) in [6.07, 6.45) is 0.754. The molecule has 3 rings (SSSR count). The molecule has 0 aliphatic rings. The van der Waals surface area contributed by atoms with Crippen molar-refractivity contribution < 1.29 is 9.72 Å². The summed E-state index contributed by atoms with van der Waals surface area (Å²) in [5.74, 6) is -0.506. The van der Waals surface area contributed by atoms with Crippen LogP contribution in [0, 0.1) is 24.0 Å². The normalized spacial score (nSPS) is 10.6. The number of rotatable bonds is 5. The number of benzene rings is 2. The highest BCUT2D eigenvalue weighted by Crippen LogP contribution is 2.21. The van der Waals surface area contributed by atoms with Crippen molar-refractivity contribution in [2.24, 2.45) is 7.05 Å². The topological polar surface area (TPSA) is 90.1 Å². The number of aromatic nitrogens is 2. The number of carbonyl (C=O) groups excluding carboxylic acids is 1. The molecule has 0 bridgehead atoms. The zero-order chi connectivity index (χ0) is 19.6. The Hall–Kier alpha value is -3.48. The molecule has 3 aromatic rings. The third-order valence-electron chi connectivity index (χ3n) is 4.60. The van der Waals surface area contributed by atoms with E-state index < -0.39 is 10.8 Å². The summed E-state index contributed by atoms with van der Waals surface area (Å²) in [6, 6.07) is 13.3. The van der Waals surface area contributed by atoms with Crippen molar-refractivity contribution in [3.05, 3.63) is 86.7 Å². The molecule has 1 N–H and O–H groups in total. The largest absolute Gasteiger partial charge is 0.322 e. The number of hydrogen-bond acceptors (Lipinski definition) is 4. The Balaban J connectivity index is 1.75. The van der Waals surface area contributed by atoms with Gasteiger partial charge in [0.2, 0.25) is 0 Å². The van der Waals surface area contributed by atoms with E-state index in [-0.39, 0.29) is 11.3 Å². The molecule has 0 aliphatic heterocycles. The lowest BCUT2D eigenvalue weighted by Crippen LogP contribution is -2.13. The molecule has 0 fully saturated rings. The molecule has 0 aliphatic carbocycles. The van der Waals surface area contributed by atoms with Gasteiger partial charge >= 0.3 is 0 Å². The van der Waals surface area contributed by atoms with E-state index in [0.717, 1.165) is 23.4 Å². The number of nitrogens with zero attached hydrogens (tertiary/aromatic N) is 3. The number of anilines is 1. The Morgan fingerprint density at radius 1 is 1.15 bits per heavy atom. The lowest BCUT2D eigenvalue weighted by Gasteiger charge is -2.08. The van der Waals surface area contributed by atoms with Crippen molar-refractivity contribution in [1.82, 2.24) is 9.78 Å². The molecule has 0 saturated heterocycles. The number of nitro benzene ring substituents is 1. The molecular formula is C20H20N4O3. The monoisotopic (exact) mass is 364 g/mol. The lowest BCUT2D eigenvalue weighted by molar-refractivity contribution is -0.385. The molecule has 1 amide bonds. The molecule has 27 heavy (non-hydrogen) atoms. The first-order valence-corrected chi connectivity index (χ1v) is 8.49. The number of hydrogen-bond donors (Lipinski definition) is 1. The summed E-state index contributed by atoms with van der Waals surface area (Å²) in [5.41, 5.74) is 4.82. The zero-order valence-corrected chi connectivity index (χ0v) is 15.4. The minimum Gasteiger partial charge on any atom is -0.322 e. The molecule has 1 aromatic heterocycles. The molecule has 138 valence electrons. The van der Waals surface area contributed by atoms with Crippen LogP contribution < -0.4 is 5.32 Å². The summed E-state index contributed by atoms with van der Waals surface area (Å²) in [5, 5.41) is 18.2. The fourth-order valence-corrected chi connectivity index (χ4v) is 3.01. The zero-order valence-electron chi connectivity index (χ0n) is 15.4. The van der Waals surface area contributed by atoms with Crippen LogP contribution in [0.2, 0.25) is 0 Å². The summed E-state index contributed by atoms with van der Waals surface area (Å²) in [7, 11) is 1.92. The van der Waals surface area contributed by atoms with Gasteiger partial charge in [0.1, 0.15) is 5.56 Å². The van der Waals surface area contributed by atoms with Gasteiger partial charge in [-0.3, -0.25) is 19.6 Å². The van der Waals surface area contributed by atoms with Crippen molar-refractivity contribution >= 4 is 17.3 Å². The molecular weight excluding hydrogens is 344 g/mol. The van der Waals surface area contributed by atoms with E-state index in [2.05, 4.69) is 10.4 Å². The van der Waals surface area contributed by atoms with Gasteiger partial charge in [0.25, 0.3) is 11.6 Å². The van der Waals surface area contributed by atoms with E-state index in [4.69, 9.17) is 0 Å². The van der Waals surface area contributed by atoms with Gasteiger partial charge in [-0.15, -0.1) is 0 Å². The minimum atomic E-state index is -0.559. The molecule has 0 spiro atoms. The van der Waals surface area contributed by atoms with Crippen molar-refractivity contribution in [3.8, 4) is 0 Å². The second-order valence-electron chi connectivity index (χ2n) is 6.38. The SMILES string of the molecule is Cc1nn(C)c(C)c1Cc1ccc(NC(=O)c2ccccc2[N+](=O)[O-])cc1. The van der Waals surface area contributed by atoms with Crippen LogP contribution in [0.4, 0.5) is 11.4 Å². The summed E-state index contributed by atoms with van der Waals surface area (Å²) >= 11 is 0. The number of nitrogens with one attached hydrogen (secondary N) is 1. The fourth-order valence-electron chi connectivity index (χ4n) is 3.01. The molecule has 1 heterocycles. The predicted molar refractivity (Wildman–Crippen MR) is 103 cm³/mol. The van der Waals surface area contributed by atoms with E-state index in [9.17, 15) is 14.9 Å². The first-order valence-electron chi connectivity index (χ1n) is 8.49. The highest BCUT2D eigenvalue weighted by Gasteiger charge is 2.19. The fraction of sp³-hybridized carbons (Fsp3) is 0.200. The number of amides is 1. The summed E-state index contributed by atoms with van der Waals surface area (Å²) < 4.78 is 1.87. The van der Waals surface area contributed by atoms with Gasteiger partial charge in [-0.2, -0.15) is 5.10 Å². The lowest BCUT2D eigenvalue weighted by atomic mass is 10.0. The maximum absolute atomic E-state index is 12.4. The van der Waals surface area contributed by atoms with Crippen molar-refractivity contribution in [1.29, 1.82) is 0 Å². The molecule has 0 unspecified atom stereocenters. The first kappa shape index (κ1) is 18.3. The average Bonchev–Trinajstić information content (AvgIpc) is 2.89. The van der Waals surface area contributed by atoms with Gasteiger partial charge in [0.15, 0.2) is 0 Å². The Kier molecular flexibility index (Phi) is 5.03. The predicted octanol–water partition coefficient (Wildman–Crippen LogP) is 3.79. The Morgan fingerprint density at radius 2 is 1.81 bits per heavy atom.